The molecular formula is C12H15F8NO3. The van der Waals surface area contributed by atoms with E-state index in [1.807, 2.05) is 0 Å². The molecule has 1 fully saturated rings. The maximum Gasteiger partial charge on any atom is 0.410 e. The molecule has 0 aromatic heterocycles. The van der Waals surface area contributed by atoms with Crippen LogP contribution in [0.3, 0.4) is 0 Å². The van der Waals surface area contributed by atoms with Crippen molar-refractivity contribution in [1.82, 2.24) is 4.90 Å². The fourth-order valence-corrected chi connectivity index (χ4v) is 1.92. The average molecular weight is 373 g/mol. The second-order valence-electron chi connectivity index (χ2n) is 5.20. The highest BCUT2D eigenvalue weighted by Gasteiger charge is 2.79. The van der Waals surface area contributed by atoms with Crippen molar-refractivity contribution < 1.29 is 49.4 Å². The summed E-state index contributed by atoms with van der Waals surface area (Å²) in [5, 5.41) is 0. The van der Waals surface area contributed by atoms with Crippen molar-refractivity contribution >= 4 is 5.97 Å². The first-order valence-corrected chi connectivity index (χ1v) is 6.76. The van der Waals surface area contributed by atoms with Crippen molar-refractivity contribution in [3.05, 3.63) is 0 Å². The standard InChI is InChI=1S/C12H15F8NO3/c1-7(6-21-2-4-23-5-3-21)24-9(22)11(17,18)12(19,20)10(15,16)8(13)14/h7-8H,2-6H2,1H3. The highest BCUT2D eigenvalue weighted by Crippen LogP contribution is 2.49. The summed E-state index contributed by atoms with van der Waals surface area (Å²) in [5.41, 5.74) is 0. The molecular weight excluding hydrogens is 358 g/mol. The molecule has 1 aliphatic heterocycles. The molecule has 0 aromatic carbocycles. The van der Waals surface area contributed by atoms with Crippen LogP contribution in [0.5, 0.6) is 0 Å². The summed E-state index contributed by atoms with van der Waals surface area (Å²) < 4.78 is 111. The molecule has 0 N–H and O–H groups in total. The van der Waals surface area contributed by atoms with E-state index in [1.54, 1.807) is 4.90 Å². The molecule has 24 heavy (non-hydrogen) atoms. The van der Waals surface area contributed by atoms with Crippen LogP contribution in [0.15, 0.2) is 0 Å². The molecule has 142 valence electrons. The van der Waals surface area contributed by atoms with Crippen molar-refractivity contribution in [3.63, 3.8) is 0 Å². The zero-order chi connectivity index (χ0) is 18.8. The number of esters is 1. The number of morpholine rings is 1. The molecule has 0 aromatic rings. The molecule has 1 rings (SSSR count). The Hall–Kier alpha value is -1.17. The van der Waals surface area contributed by atoms with E-state index in [4.69, 9.17) is 4.74 Å². The zero-order valence-electron chi connectivity index (χ0n) is 12.4. The van der Waals surface area contributed by atoms with E-state index in [9.17, 15) is 39.9 Å². The number of carbonyl (C=O) groups is 1. The van der Waals surface area contributed by atoms with E-state index < -0.39 is 36.3 Å². The minimum absolute atomic E-state index is 0.137. The molecule has 0 aliphatic carbocycles. The minimum atomic E-state index is -6.61. The number of ether oxygens (including phenoxy) is 2. The Balaban J connectivity index is 2.76. The smallest absolute Gasteiger partial charge is 0.410 e. The lowest BCUT2D eigenvalue weighted by Gasteiger charge is -2.32. The lowest BCUT2D eigenvalue weighted by atomic mass is 10.1. The molecule has 1 heterocycles. The van der Waals surface area contributed by atoms with Gasteiger partial charge in [-0.15, -0.1) is 0 Å². The number of halogens is 8. The monoisotopic (exact) mass is 373 g/mol. The predicted molar refractivity (Wildman–Crippen MR) is 63.7 cm³/mol. The van der Waals surface area contributed by atoms with Crippen LogP contribution < -0.4 is 0 Å². The topological polar surface area (TPSA) is 38.8 Å². The first-order chi connectivity index (χ1) is 10.8. The van der Waals surface area contributed by atoms with Crippen LogP contribution in [-0.4, -0.2) is 74.0 Å². The van der Waals surface area contributed by atoms with Gasteiger partial charge < -0.3 is 9.47 Å². The molecule has 0 spiro atoms. The molecule has 1 unspecified atom stereocenters. The summed E-state index contributed by atoms with van der Waals surface area (Å²) in [4.78, 5) is 12.8. The third-order valence-corrected chi connectivity index (χ3v) is 3.27. The van der Waals surface area contributed by atoms with Gasteiger partial charge in [0.05, 0.1) is 13.2 Å². The summed E-state index contributed by atoms with van der Waals surface area (Å²) in [5.74, 6) is -22.1. The fraction of sp³-hybridized carbons (Fsp3) is 0.917. The van der Waals surface area contributed by atoms with E-state index in [0.29, 0.717) is 26.3 Å². The Kier molecular flexibility index (Phi) is 6.42. The third kappa shape index (κ3) is 4.08. The number of rotatable bonds is 7. The van der Waals surface area contributed by atoms with Crippen LogP contribution >= 0.6 is 0 Å². The predicted octanol–water partition coefficient (Wildman–Crippen LogP) is 2.42. The van der Waals surface area contributed by atoms with E-state index in [-0.39, 0.29) is 6.54 Å². The van der Waals surface area contributed by atoms with Crippen molar-refractivity contribution in [3.8, 4) is 0 Å². The van der Waals surface area contributed by atoms with Crippen molar-refractivity contribution in [1.29, 1.82) is 0 Å². The summed E-state index contributed by atoms with van der Waals surface area (Å²) in [6.07, 6.45) is -6.44. The SMILES string of the molecule is CC(CN1CCOCC1)OC(=O)C(F)(F)C(F)(F)C(F)(F)C(F)F. The summed E-state index contributed by atoms with van der Waals surface area (Å²) in [7, 11) is 0. The quantitative estimate of drug-likeness (QED) is 0.508. The second kappa shape index (κ2) is 7.38. The molecule has 1 atom stereocenters. The van der Waals surface area contributed by atoms with E-state index in [0.717, 1.165) is 6.92 Å². The van der Waals surface area contributed by atoms with Crippen molar-refractivity contribution in [2.45, 2.75) is 37.2 Å². The number of alkyl halides is 8. The van der Waals surface area contributed by atoms with Gasteiger partial charge in [0.15, 0.2) is 0 Å². The van der Waals surface area contributed by atoms with Crippen molar-refractivity contribution in [2.24, 2.45) is 0 Å². The Labute approximate surface area is 131 Å². The minimum Gasteiger partial charge on any atom is -0.457 e. The van der Waals surface area contributed by atoms with Crippen LogP contribution in [0.25, 0.3) is 0 Å². The highest BCUT2D eigenvalue weighted by atomic mass is 19.4. The van der Waals surface area contributed by atoms with Gasteiger partial charge in [-0.1, -0.05) is 0 Å². The molecule has 1 saturated heterocycles. The highest BCUT2D eigenvalue weighted by molar-refractivity contribution is 5.79. The number of hydrogen-bond acceptors (Lipinski definition) is 4. The second-order valence-corrected chi connectivity index (χ2v) is 5.20. The lowest BCUT2D eigenvalue weighted by Crippen LogP contribution is -2.61. The van der Waals surface area contributed by atoms with Crippen LogP contribution in [0.4, 0.5) is 35.1 Å². The van der Waals surface area contributed by atoms with Gasteiger partial charge in [0.2, 0.25) is 0 Å². The van der Waals surface area contributed by atoms with Crippen molar-refractivity contribution in [2.75, 3.05) is 32.8 Å². The molecule has 0 radical (unpaired) electrons. The van der Waals surface area contributed by atoms with Gasteiger partial charge in [0.25, 0.3) is 0 Å². The summed E-state index contributed by atoms with van der Waals surface area (Å²) in [6, 6.07) is 0. The van der Waals surface area contributed by atoms with Gasteiger partial charge in [-0.2, -0.15) is 26.3 Å². The number of nitrogens with zero attached hydrogens (tertiary/aromatic N) is 1. The maximum atomic E-state index is 13.3. The van der Waals surface area contributed by atoms with Gasteiger partial charge in [0, 0.05) is 19.6 Å². The van der Waals surface area contributed by atoms with E-state index >= 15 is 0 Å². The van der Waals surface area contributed by atoms with Gasteiger partial charge in [0.1, 0.15) is 6.10 Å². The third-order valence-electron chi connectivity index (χ3n) is 3.27. The molecule has 0 bridgehead atoms. The molecule has 4 nitrogen and oxygen atoms in total. The number of hydrogen-bond donors (Lipinski definition) is 0. The lowest BCUT2D eigenvalue weighted by molar-refractivity contribution is -0.333. The molecule has 1 aliphatic rings. The average Bonchev–Trinajstić information content (AvgIpc) is 2.47. The Morgan fingerprint density at radius 1 is 1.12 bits per heavy atom. The Bertz CT molecular complexity index is 440. The van der Waals surface area contributed by atoms with Gasteiger partial charge >= 0.3 is 30.2 Å². The van der Waals surface area contributed by atoms with Gasteiger partial charge in [-0.05, 0) is 6.92 Å². The van der Waals surface area contributed by atoms with Gasteiger partial charge in [-0.25, -0.2) is 13.6 Å². The molecule has 0 amide bonds. The van der Waals surface area contributed by atoms with Crippen LogP contribution in [0.1, 0.15) is 6.92 Å². The number of carbonyl (C=O) groups excluding carboxylic acids is 1. The van der Waals surface area contributed by atoms with Crippen LogP contribution in [0.2, 0.25) is 0 Å². The van der Waals surface area contributed by atoms with E-state index in [1.165, 1.54) is 0 Å². The Morgan fingerprint density at radius 3 is 2.08 bits per heavy atom. The zero-order valence-corrected chi connectivity index (χ0v) is 12.4. The van der Waals surface area contributed by atoms with Crippen LogP contribution in [-0.2, 0) is 14.3 Å². The first-order valence-electron chi connectivity index (χ1n) is 6.76. The fourth-order valence-electron chi connectivity index (χ4n) is 1.92. The molecule has 12 heteroatoms. The van der Waals surface area contributed by atoms with Crippen LogP contribution in [0, 0.1) is 0 Å². The Morgan fingerprint density at radius 2 is 1.62 bits per heavy atom. The normalized spacial score (nSPS) is 19.4. The summed E-state index contributed by atoms with van der Waals surface area (Å²) >= 11 is 0. The van der Waals surface area contributed by atoms with E-state index in [2.05, 4.69) is 4.74 Å². The summed E-state index contributed by atoms with van der Waals surface area (Å²) in [6.45, 7) is 2.29. The first kappa shape index (κ1) is 20.9. The maximum absolute atomic E-state index is 13.3. The molecule has 0 saturated carbocycles. The largest absolute Gasteiger partial charge is 0.457 e. The van der Waals surface area contributed by atoms with Gasteiger partial charge in [-0.3, -0.25) is 4.90 Å².